The Morgan fingerprint density at radius 3 is 2.30 bits per heavy atom. The van der Waals surface area contributed by atoms with Gasteiger partial charge in [-0.15, -0.1) is 0 Å². The van der Waals surface area contributed by atoms with E-state index in [-0.39, 0.29) is 29.8 Å². The molecule has 0 atom stereocenters. The van der Waals surface area contributed by atoms with Crippen molar-refractivity contribution < 1.29 is 23.9 Å². The Morgan fingerprint density at radius 2 is 1.90 bits per heavy atom. The number of halogens is 3. The van der Waals surface area contributed by atoms with Crippen molar-refractivity contribution in [2.75, 3.05) is 0 Å². The van der Waals surface area contributed by atoms with Crippen LogP contribution in [0.2, 0.25) is 10.3 Å². The standard InChI is InChI=1S/C5H2Cl2FN.Zn/c6-4-2-1-3(8)5(7)9-4;/h1-2H;. The second kappa shape index (κ2) is 4.22. The van der Waals surface area contributed by atoms with Gasteiger partial charge in [-0.3, -0.25) is 0 Å². The fourth-order valence-electron chi connectivity index (χ4n) is 0.395. The third kappa shape index (κ3) is 2.49. The summed E-state index contributed by atoms with van der Waals surface area (Å²) in [5, 5.41) is 0.00361. The molecule has 1 aromatic heterocycles. The largest absolute Gasteiger partial charge is 0.221 e. The van der Waals surface area contributed by atoms with Crippen LogP contribution in [0.5, 0.6) is 0 Å². The average Bonchev–Trinajstić information content (AvgIpc) is 1.80. The molecular formula is C5H2Cl2FNZn. The first-order chi connectivity index (χ1) is 4.20. The van der Waals surface area contributed by atoms with Gasteiger partial charge in [0.25, 0.3) is 0 Å². The van der Waals surface area contributed by atoms with Crippen LogP contribution in [0.4, 0.5) is 4.39 Å². The number of aromatic nitrogens is 1. The molecule has 1 aromatic rings. The summed E-state index contributed by atoms with van der Waals surface area (Å²) < 4.78 is 12.2. The number of hydrogen-bond donors (Lipinski definition) is 0. The van der Waals surface area contributed by atoms with E-state index in [0.29, 0.717) is 0 Å². The van der Waals surface area contributed by atoms with Crippen LogP contribution >= 0.6 is 23.2 Å². The van der Waals surface area contributed by atoms with Crippen LogP contribution in [0, 0.1) is 5.82 Å². The molecule has 1 heterocycles. The predicted octanol–water partition coefficient (Wildman–Crippen LogP) is 2.53. The van der Waals surface area contributed by atoms with Gasteiger partial charge in [0.2, 0.25) is 0 Å². The second-order valence-electron chi connectivity index (χ2n) is 1.41. The van der Waals surface area contributed by atoms with Gasteiger partial charge in [0.05, 0.1) is 0 Å². The Kier molecular flexibility index (Phi) is 4.34. The molecule has 0 aliphatic heterocycles. The van der Waals surface area contributed by atoms with Crippen molar-refractivity contribution in [3.63, 3.8) is 0 Å². The van der Waals surface area contributed by atoms with Crippen molar-refractivity contribution in [3.8, 4) is 0 Å². The molecule has 0 unspecified atom stereocenters. The van der Waals surface area contributed by atoms with Gasteiger partial charge in [-0.05, 0) is 12.1 Å². The van der Waals surface area contributed by atoms with E-state index < -0.39 is 5.82 Å². The molecule has 0 N–H and O–H groups in total. The number of rotatable bonds is 0. The summed E-state index contributed by atoms with van der Waals surface area (Å²) in [5.74, 6) is -0.555. The Morgan fingerprint density at radius 1 is 1.30 bits per heavy atom. The molecule has 0 radical (unpaired) electrons. The van der Waals surface area contributed by atoms with Crippen LogP contribution in [0.25, 0.3) is 0 Å². The Labute approximate surface area is 80.3 Å². The van der Waals surface area contributed by atoms with Crippen LogP contribution < -0.4 is 0 Å². The molecule has 5 heteroatoms. The number of nitrogens with zero attached hydrogens (tertiary/aromatic N) is 1. The van der Waals surface area contributed by atoms with Gasteiger partial charge in [-0.1, -0.05) is 23.2 Å². The third-order valence-corrected chi connectivity index (χ3v) is 1.24. The molecule has 0 spiro atoms. The summed E-state index contributed by atoms with van der Waals surface area (Å²) in [6.45, 7) is 0. The van der Waals surface area contributed by atoms with Gasteiger partial charge in [0, 0.05) is 19.5 Å². The van der Waals surface area contributed by atoms with Gasteiger partial charge >= 0.3 is 0 Å². The Bertz CT molecular complexity index is 231. The third-order valence-electron chi connectivity index (χ3n) is 0.769. The summed E-state index contributed by atoms with van der Waals surface area (Å²) in [6.07, 6.45) is 0. The van der Waals surface area contributed by atoms with E-state index in [1.54, 1.807) is 0 Å². The maximum atomic E-state index is 12.2. The fourth-order valence-corrected chi connectivity index (χ4v) is 0.740. The zero-order valence-electron chi connectivity index (χ0n) is 4.94. The van der Waals surface area contributed by atoms with Crippen molar-refractivity contribution in [1.82, 2.24) is 4.98 Å². The van der Waals surface area contributed by atoms with Crippen LogP contribution in [-0.2, 0) is 19.5 Å². The maximum Gasteiger partial charge on any atom is 0.166 e. The van der Waals surface area contributed by atoms with Crippen molar-refractivity contribution in [2.24, 2.45) is 0 Å². The first-order valence-electron chi connectivity index (χ1n) is 2.17. The van der Waals surface area contributed by atoms with E-state index in [0.717, 1.165) is 6.07 Å². The SMILES string of the molecule is Fc1ccc(Cl)nc1Cl.[Zn]. The molecule has 1 nitrogen and oxygen atoms in total. The predicted molar refractivity (Wildman–Crippen MR) is 34.2 cm³/mol. The zero-order chi connectivity index (χ0) is 6.85. The van der Waals surface area contributed by atoms with Gasteiger partial charge in [-0.25, -0.2) is 9.37 Å². The Hall–Kier alpha value is 0.283. The topological polar surface area (TPSA) is 12.9 Å². The van der Waals surface area contributed by atoms with Crippen LogP contribution in [-0.4, -0.2) is 4.98 Å². The summed E-state index contributed by atoms with van der Waals surface area (Å²) in [7, 11) is 0. The molecule has 0 saturated carbocycles. The molecule has 0 aliphatic rings. The monoisotopic (exact) mass is 229 g/mol. The van der Waals surface area contributed by atoms with Crippen LogP contribution in [0.15, 0.2) is 12.1 Å². The van der Waals surface area contributed by atoms with E-state index in [9.17, 15) is 4.39 Å². The van der Waals surface area contributed by atoms with Crippen molar-refractivity contribution in [1.29, 1.82) is 0 Å². The first kappa shape index (κ1) is 10.3. The normalized spacial score (nSPS) is 8.70. The molecule has 50 valence electrons. The van der Waals surface area contributed by atoms with E-state index >= 15 is 0 Å². The maximum absolute atomic E-state index is 12.2. The first-order valence-corrected chi connectivity index (χ1v) is 2.93. The van der Waals surface area contributed by atoms with Gasteiger partial charge in [-0.2, -0.15) is 0 Å². The minimum atomic E-state index is -0.555. The smallest absolute Gasteiger partial charge is 0.166 e. The minimum Gasteiger partial charge on any atom is -0.221 e. The van der Waals surface area contributed by atoms with Gasteiger partial charge in [0.15, 0.2) is 11.0 Å². The van der Waals surface area contributed by atoms with Crippen LogP contribution in [0.1, 0.15) is 0 Å². The summed E-state index contributed by atoms with van der Waals surface area (Å²) in [5.41, 5.74) is 0. The molecule has 0 amide bonds. The van der Waals surface area contributed by atoms with Gasteiger partial charge < -0.3 is 0 Å². The van der Waals surface area contributed by atoms with Crippen molar-refractivity contribution >= 4 is 23.2 Å². The van der Waals surface area contributed by atoms with E-state index in [1.807, 2.05) is 0 Å². The molecule has 0 fully saturated rings. The molecule has 0 bridgehead atoms. The molecule has 10 heavy (non-hydrogen) atoms. The molecule has 0 saturated heterocycles. The van der Waals surface area contributed by atoms with Crippen LogP contribution in [0.3, 0.4) is 0 Å². The van der Waals surface area contributed by atoms with E-state index in [2.05, 4.69) is 4.98 Å². The fraction of sp³-hybridized carbons (Fsp3) is 0. The minimum absolute atomic E-state index is 0. The average molecular weight is 231 g/mol. The Balaban J connectivity index is 0.000000810. The number of hydrogen-bond acceptors (Lipinski definition) is 1. The van der Waals surface area contributed by atoms with E-state index in [4.69, 9.17) is 23.2 Å². The van der Waals surface area contributed by atoms with Crippen molar-refractivity contribution in [2.45, 2.75) is 0 Å². The summed E-state index contributed by atoms with van der Waals surface area (Å²) in [4.78, 5) is 3.43. The molecule has 0 aliphatic carbocycles. The second-order valence-corrected chi connectivity index (χ2v) is 2.15. The zero-order valence-corrected chi connectivity index (χ0v) is 9.42. The van der Waals surface area contributed by atoms with Gasteiger partial charge in [0.1, 0.15) is 5.15 Å². The van der Waals surface area contributed by atoms with E-state index in [1.165, 1.54) is 6.07 Å². The number of pyridine rings is 1. The molecule has 0 aromatic carbocycles. The molecular weight excluding hydrogens is 229 g/mol. The summed E-state index contributed by atoms with van der Waals surface area (Å²) >= 11 is 10.6. The quantitative estimate of drug-likeness (QED) is 0.494. The van der Waals surface area contributed by atoms with Crippen molar-refractivity contribution in [3.05, 3.63) is 28.3 Å². The molecule has 1 rings (SSSR count). The summed E-state index contributed by atoms with van der Waals surface area (Å²) in [6, 6.07) is 2.50.